The minimum Gasteiger partial charge on any atom is -0.493 e. The number of hydrogen-bond acceptors (Lipinski definition) is 6. The van der Waals surface area contributed by atoms with E-state index in [9.17, 15) is 0 Å². The molecule has 2 saturated heterocycles. The number of likely N-dealkylation sites (tertiary alicyclic amines) is 1. The number of likely N-dealkylation sites (N-methyl/N-ethyl adjacent to an activating group) is 1. The molecule has 3 fully saturated rings. The Kier molecular flexibility index (Phi) is 4.96. The van der Waals surface area contributed by atoms with Crippen LogP contribution >= 0.6 is 0 Å². The molecule has 1 saturated carbocycles. The van der Waals surface area contributed by atoms with Gasteiger partial charge in [0.05, 0.1) is 20.8 Å². The third-order valence-corrected chi connectivity index (χ3v) is 7.43. The third-order valence-electron chi connectivity index (χ3n) is 7.43. The maximum absolute atomic E-state index is 6.57. The predicted molar refractivity (Wildman–Crippen MR) is 113 cm³/mol. The highest BCUT2D eigenvalue weighted by molar-refractivity contribution is 5.46. The van der Waals surface area contributed by atoms with Crippen molar-refractivity contribution in [2.45, 2.75) is 49.0 Å². The van der Waals surface area contributed by atoms with E-state index in [1.165, 1.54) is 5.56 Å². The molecule has 0 bridgehead atoms. The molecule has 0 radical (unpaired) electrons. The molecule has 2 aliphatic heterocycles. The maximum atomic E-state index is 6.57. The Bertz CT molecular complexity index is 907. The molecule has 3 heterocycles. The summed E-state index contributed by atoms with van der Waals surface area (Å²) in [6.45, 7) is 1.67. The average Bonchev–Trinajstić information content (AvgIpc) is 3.36. The number of fused-ring (bicyclic) bond motifs is 1. The lowest BCUT2D eigenvalue weighted by molar-refractivity contribution is -0.204. The van der Waals surface area contributed by atoms with Crippen LogP contribution < -0.4 is 9.47 Å². The van der Waals surface area contributed by atoms with Crippen molar-refractivity contribution >= 4 is 0 Å². The smallest absolute Gasteiger partial charge is 0.170 e. The van der Waals surface area contributed by atoms with E-state index in [-0.39, 0.29) is 11.5 Å². The summed E-state index contributed by atoms with van der Waals surface area (Å²) in [4.78, 5) is 6.60. The van der Waals surface area contributed by atoms with Gasteiger partial charge in [-0.2, -0.15) is 0 Å². The van der Waals surface area contributed by atoms with Crippen molar-refractivity contribution < 1.29 is 18.9 Å². The van der Waals surface area contributed by atoms with E-state index < -0.39 is 5.79 Å². The molecule has 160 valence electrons. The fourth-order valence-electron chi connectivity index (χ4n) is 5.74. The summed E-state index contributed by atoms with van der Waals surface area (Å²) in [5.41, 5.74) is 2.55. The van der Waals surface area contributed by atoms with E-state index in [1.54, 1.807) is 14.2 Å². The zero-order valence-corrected chi connectivity index (χ0v) is 18.0. The van der Waals surface area contributed by atoms with Crippen LogP contribution in [0.3, 0.4) is 0 Å². The number of methoxy groups -OCH3 is 2. The van der Waals surface area contributed by atoms with Crippen LogP contribution in [0.2, 0.25) is 0 Å². The molecule has 6 heteroatoms. The quantitative estimate of drug-likeness (QED) is 0.766. The van der Waals surface area contributed by atoms with Crippen molar-refractivity contribution in [2.24, 2.45) is 0 Å². The lowest BCUT2D eigenvalue weighted by atomic mass is 9.64. The molecule has 6 nitrogen and oxygen atoms in total. The summed E-state index contributed by atoms with van der Waals surface area (Å²) < 4.78 is 24.0. The van der Waals surface area contributed by atoms with Gasteiger partial charge < -0.3 is 23.8 Å². The minimum absolute atomic E-state index is 0.0201. The fourth-order valence-corrected chi connectivity index (χ4v) is 5.74. The predicted octanol–water partition coefficient (Wildman–Crippen LogP) is 3.71. The van der Waals surface area contributed by atoms with Gasteiger partial charge in [-0.1, -0.05) is 6.07 Å². The number of pyridine rings is 1. The largest absolute Gasteiger partial charge is 0.493 e. The van der Waals surface area contributed by atoms with E-state index in [2.05, 4.69) is 29.1 Å². The summed E-state index contributed by atoms with van der Waals surface area (Å²) in [5, 5.41) is 0. The number of nitrogens with zero attached hydrogens (tertiary/aromatic N) is 2. The Morgan fingerprint density at radius 1 is 1.03 bits per heavy atom. The third kappa shape index (κ3) is 3.09. The molecule has 4 atom stereocenters. The number of ether oxygens (including phenoxy) is 4. The van der Waals surface area contributed by atoms with Crippen LogP contribution in [0.5, 0.6) is 11.5 Å². The monoisotopic (exact) mass is 410 g/mol. The zero-order chi connectivity index (χ0) is 20.8. The number of benzene rings is 1. The van der Waals surface area contributed by atoms with Crippen LogP contribution in [0.25, 0.3) is 0 Å². The van der Waals surface area contributed by atoms with Gasteiger partial charge in [0.15, 0.2) is 17.3 Å². The fraction of sp³-hybridized carbons (Fsp3) is 0.542. The highest BCUT2D eigenvalue weighted by Gasteiger charge is 2.57. The van der Waals surface area contributed by atoms with Gasteiger partial charge in [0.2, 0.25) is 0 Å². The van der Waals surface area contributed by atoms with Crippen LogP contribution in [-0.2, 0) is 14.9 Å². The van der Waals surface area contributed by atoms with Gasteiger partial charge in [0.1, 0.15) is 6.10 Å². The van der Waals surface area contributed by atoms with E-state index in [0.29, 0.717) is 12.6 Å². The molecule has 30 heavy (non-hydrogen) atoms. The van der Waals surface area contributed by atoms with E-state index in [1.807, 2.05) is 30.6 Å². The number of rotatable bonds is 4. The molecular weight excluding hydrogens is 380 g/mol. The van der Waals surface area contributed by atoms with Crippen molar-refractivity contribution in [3.8, 4) is 11.5 Å². The van der Waals surface area contributed by atoms with Gasteiger partial charge in [-0.15, -0.1) is 0 Å². The molecule has 2 unspecified atom stereocenters. The van der Waals surface area contributed by atoms with Crippen LogP contribution in [0.4, 0.5) is 0 Å². The van der Waals surface area contributed by atoms with Crippen molar-refractivity contribution in [2.75, 3.05) is 34.4 Å². The molecular formula is C24H30N2O4. The first kappa shape index (κ1) is 19.8. The van der Waals surface area contributed by atoms with Gasteiger partial charge in [-0.05, 0) is 61.8 Å². The van der Waals surface area contributed by atoms with Crippen molar-refractivity contribution in [1.29, 1.82) is 0 Å². The topological polar surface area (TPSA) is 53.1 Å². The maximum Gasteiger partial charge on any atom is 0.170 e. The Balaban J connectivity index is 1.42. The first-order chi connectivity index (χ1) is 14.6. The van der Waals surface area contributed by atoms with Crippen molar-refractivity contribution in [1.82, 2.24) is 9.88 Å². The molecule has 0 amide bonds. The van der Waals surface area contributed by atoms with Crippen LogP contribution in [0, 0.1) is 0 Å². The normalized spacial score (nSPS) is 33.6. The van der Waals surface area contributed by atoms with Crippen molar-refractivity contribution in [3.63, 3.8) is 0 Å². The average molecular weight is 411 g/mol. The van der Waals surface area contributed by atoms with Gasteiger partial charge in [-0.3, -0.25) is 4.98 Å². The van der Waals surface area contributed by atoms with Crippen molar-refractivity contribution in [3.05, 3.63) is 53.9 Å². The zero-order valence-electron chi connectivity index (χ0n) is 18.0. The number of hydrogen-bond donors (Lipinski definition) is 0. The summed E-state index contributed by atoms with van der Waals surface area (Å²) in [6.07, 6.45) is 7.54. The first-order valence-electron chi connectivity index (χ1n) is 10.7. The summed E-state index contributed by atoms with van der Waals surface area (Å²) in [7, 11) is 5.61. The Morgan fingerprint density at radius 3 is 2.60 bits per heavy atom. The van der Waals surface area contributed by atoms with E-state index in [0.717, 1.165) is 49.3 Å². The van der Waals surface area contributed by atoms with Gasteiger partial charge >= 0.3 is 0 Å². The molecule has 2 aromatic rings. The highest BCUT2D eigenvalue weighted by Crippen LogP contribution is 2.55. The van der Waals surface area contributed by atoms with E-state index in [4.69, 9.17) is 18.9 Å². The Labute approximate surface area is 178 Å². The van der Waals surface area contributed by atoms with Crippen LogP contribution in [0.1, 0.15) is 42.9 Å². The van der Waals surface area contributed by atoms with Gasteiger partial charge in [-0.25, -0.2) is 0 Å². The second-order valence-electron chi connectivity index (χ2n) is 8.79. The second kappa shape index (κ2) is 7.52. The molecule has 3 aliphatic rings. The summed E-state index contributed by atoms with van der Waals surface area (Å²) in [5.74, 6) is 1.07. The lowest BCUT2D eigenvalue weighted by Gasteiger charge is -2.48. The SMILES string of the molecule is COc1ccc([C@]23CCN(C)[C@H]2CC2(CC3)OCC(c3ccncc3)O2)cc1OC. The summed E-state index contributed by atoms with van der Waals surface area (Å²) in [6, 6.07) is 10.8. The number of aromatic nitrogens is 1. The van der Waals surface area contributed by atoms with Crippen LogP contribution in [0.15, 0.2) is 42.7 Å². The lowest BCUT2D eigenvalue weighted by Crippen LogP contribution is -2.52. The molecule has 1 aromatic carbocycles. The van der Waals surface area contributed by atoms with E-state index >= 15 is 0 Å². The molecule has 1 spiro atoms. The standard InChI is InChI=1S/C24H30N2O4/c1-26-13-10-23(18-4-5-19(27-2)20(14-18)28-3)8-9-24(15-22(23)26)29-16-21(30-24)17-6-11-25-12-7-17/h4-7,11-12,14,21-22H,8-10,13,15-16H2,1-3H3/t21?,22-,23-,24?/m0/s1. The van der Waals surface area contributed by atoms with Crippen LogP contribution in [-0.4, -0.2) is 56.1 Å². The molecule has 1 aliphatic carbocycles. The molecule has 5 rings (SSSR count). The van der Waals surface area contributed by atoms with Gasteiger partial charge in [0.25, 0.3) is 0 Å². The second-order valence-corrected chi connectivity index (χ2v) is 8.79. The van der Waals surface area contributed by atoms with Gasteiger partial charge in [0, 0.05) is 36.7 Å². The minimum atomic E-state index is -0.503. The summed E-state index contributed by atoms with van der Waals surface area (Å²) >= 11 is 0. The Morgan fingerprint density at radius 2 is 1.83 bits per heavy atom. The Hall–Kier alpha value is -2.15. The molecule has 1 aromatic heterocycles. The molecule has 0 N–H and O–H groups in total. The highest BCUT2D eigenvalue weighted by atomic mass is 16.7. The first-order valence-corrected chi connectivity index (χ1v) is 10.7.